The Hall–Kier alpha value is -2.39. The highest BCUT2D eigenvalue weighted by Crippen LogP contribution is 2.36. The number of ether oxygens (including phenoxy) is 1. The number of rotatable bonds is 6. The lowest BCUT2D eigenvalue weighted by molar-refractivity contribution is -0.112. The van der Waals surface area contributed by atoms with E-state index in [4.69, 9.17) is 62.7 Å². The Bertz CT molecular complexity index is 1230. The molecule has 0 bridgehead atoms. The molecule has 9 heteroatoms. The summed E-state index contributed by atoms with van der Waals surface area (Å²) in [6.45, 7) is 0.167. The Kier molecular flexibility index (Phi) is 8.31. The molecule has 0 atom stereocenters. The van der Waals surface area contributed by atoms with Crippen molar-refractivity contribution >= 4 is 75.7 Å². The molecule has 1 amide bonds. The first kappa shape index (κ1) is 24.3. The van der Waals surface area contributed by atoms with Gasteiger partial charge in [-0.05, 0) is 48.0 Å². The van der Waals surface area contributed by atoms with Crippen LogP contribution in [0.5, 0.6) is 5.75 Å². The molecule has 3 rings (SSSR count). The van der Waals surface area contributed by atoms with E-state index < -0.39 is 5.91 Å². The second-order valence-corrected chi connectivity index (χ2v) is 8.51. The summed E-state index contributed by atoms with van der Waals surface area (Å²) >= 11 is 30.8. The Labute approximate surface area is 209 Å². The molecule has 3 aromatic carbocycles. The maximum absolute atomic E-state index is 12.5. The molecule has 0 saturated carbocycles. The quantitative estimate of drug-likeness (QED) is 0.261. The lowest BCUT2D eigenvalue weighted by Gasteiger charge is -2.12. The first-order chi connectivity index (χ1) is 15.3. The number of carbonyl (C=O) groups excluding carboxylic acids is 1. The van der Waals surface area contributed by atoms with Gasteiger partial charge in [0.2, 0.25) is 0 Å². The maximum atomic E-state index is 12.5. The van der Waals surface area contributed by atoms with E-state index in [2.05, 4.69) is 5.32 Å². The second-order valence-electron chi connectivity index (χ2n) is 6.44. The first-order valence-electron chi connectivity index (χ1n) is 9.02. The molecule has 0 unspecified atom stereocenters. The van der Waals surface area contributed by atoms with E-state index in [1.54, 1.807) is 12.1 Å². The molecule has 0 aromatic heterocycles. The second kappa shape index (κ2) is 11.0. The van der Waals surface area contributed by atoms with E-state index in [9.17, 15) is 10.1 Å². The lowest BCUT2D eigenvalue weighted by Crippen LogP contribution is -2.13. The van der Waals surface area contributed by atoms with Crippen molar-refractivity contribution in [3.63, 3.8) is 0 Å². The maximum Gasteiger partial charge on any atom is 0.266 e. The molecule has 0 saturated heterocycles. The molecule has 4 nitrogen and oxygen atoms in total. The monoisotopic (exact) mass is 524 g/mol. The minimum absolute atomic E-state index is 0.167. The van der Waals surface area contributed by atoms with Crippen LogP contribution in [0.4, 0.5) is 5.69 Å². The number of hydrogen-bond donors (Lipinski definition) is 1. The number of nitrogens with one attached hydrogen (secondary N) is 1. The molecule has 0 fully saturated rings. The van der Waals surface area contributed by atoms with Crippen molar-refractivity contribution in [2.45, 2.75) is 6.61 Å². The van der Waals surface area contributed by atoms with Crippen molar-refractivity contribution in [3.05, 3.63) is 96.4 Å². The van der Waals surface area contributed by atoms with Crippen LogP contribution in [-0.2, 0) is 11.4 Å². The molecule has 162 valence electrons. The SMILES string of the molecule is N#C/C(=C\c1cc(Cl)c(OCc2ccccc2Cl)c(Cl)c1)C(=O)Nc1cc(Cl)ccc1Cl. The summed E-state index contributed by atoms with van der Waals surface area (Å²) in [6, 6.07) is 16.8. The van der Waals surface area contributed by atoms with Gasteiger partial charge in [0.15, 0.2) is 5.75 Å². The van der Waals surface area contributed by atoms with Gasteiger partial charge in [0.1, 0.15) is 18.2 Å². The van der Waals surface area contributed by atoms with Crippen molar-refractivity contribution in [1.29, 1.82) is 5.26 Å². The molecular weight excluding hydrogens is 514 g/mol. The predicted octanol–water partition coefficient (Wildman–Crippen LogP) is 8.08. The average Bonchev–Trinajstić information content (AvgIpc) is 2.75. The van der Waals surface area contributed by atoms with Gasteiger partial charge < -0.3 is 10.1 Å². The molecule has 1 N–H and O–H groups in total. The molecule has 32 heavy (non-hydrogen) atoms. The van der Waals surface area contributed by atoms with E-state index in [-0.39, 0.29) is 38.7 Å². The van der Waals surface area contributed by atoms with E-state index in [1.165, 1.54) is 30.3 Å². The Morgan fingerprint density at radius 1 is 0.938 bits per heavy atom. The van der Waals surface area contributed by atoms with Gasteiger partial charge in [-0.1, -0.05) is 76.2 Å². The average molecular weight is 527 g/mol. The summed E-state index contributed by atoms with van der Waals surface area (Å²) in [4.78, 5) is 12.5. The Morgan fingerprint density at radius 2 is 1.62 bits per heavy atom. The molecule has 0 aliphatic heterocycles. The van der Waals surface area contributed by atoms with Gasteiger partial charge in [0.05, 0.1) is 20.8 Å². The first-order valence-corrected chi connectivity index (χ1v) is 10.9. The van der Waals surface area contributed by atoms with Gasteiger partial charge >= 0.3 is 0 Å². The van der Waals surface area contributed by atoms with Crippen LogP contribution in [0, 0.1) is 11.3 Å². The van der Waals surface area contributed by atoms with Crippen LogP contribution < -0.4 is 10.1 Å². The number of hydrogen-bond acceptors (Lipinski definition) is 3. The van der Waals surface area contributed by atoms with E-state index >= 15 is 0 Å². The fraction of sp³-hybridized carbons (Fsp3) is 0.0435. The summed E-state index contributed by atoms with van der Waals surface area (Å²) in [5.41, 5.74) is 1.31. The zero-order chi connectivity index (χ0) is 23.3. The van der Waals surface area contributed by atoms with Gasteiger partial charge in [0, 0.05) is 15.6 Å². The largest absolute Gasteiger partial charge is 0.486 e. The highest BCUT2D eigenvalue weighted by molar-refractivity contribution is 6.37. The van der Waals surface area contributed by atoms with Crippen molar-refractivity contribution < 1.29 is 9.53 Å². The van der Waals surface area contributed by atoms with Gasteiger partial charge in [-0.15, -0.1) is 0 Å². The minimum atomic E-state index is -0.664. The topological polar surface area (TPSA) is 62.1 Å². The molecule has 3 aromatic rings. The fourth-order valence-corrected chi connectivity index (χ4v) is 3.80. The van der Waals surface area contributed by atoms with E-state index in [0.29, 0.717) is 15.6 Å². The van der Waals surface area contributed by atoms with Crippen LogP contribution in [0.1, 0.15) is 11.1 Å². The molecule has 0 aliphatic carbocycles. The van der Waals surface area contributed by atoms with E-state index in [1.807, 2.05) is 24.3 Å². The number of anilines is 1. The van der Waals surface area contributed by atoms with Gasteiger partial charge in [-0.3, -0.25) is 4.79 Å². The smallest absolute Gasteiger partial charge is 0.266 e. The zero-order valence-electron chi connectivity index (χ0n) is 16.1. The molecule has 0 aliphatic rings. The molecular formula is C23H13Cl5N2O2. The van der Waals surface area contributed by atoms with Crippen LogP contribution in [0.2, 0.25) is 25.1 Å². The Morgan fingerprint density at radius 3 is 2.28 bits per heavy atom. The normalized spacial score (nSPS) is 11.1. The molecule has 0 radical (unpaired) electrons. The van der Waals surface area contributed by atoms with Gasteiger partial charge in [0.25, 0.3) is 5.91 Å². The summed E-state index contributed by atoms with van der Waals surface area (Å²) in [7, 11) is 0. The molecule has 0 heterocycles. The van der Waals surface area contributed by atoms with Crippen molar-refractivity contribution in [2.75, 3.05) is 5.32 Å². The zero-order valence-corrected chi connectivity index (χ0v) is 19.9. The predicted molar refractivity (Wildman–Crippen MR) is 131 cm³/mol. The van der Waals surface area contributed by atoms with Crippen LogP contribution >= 0.6 is 58.0 Å². The number of amides is 1. The summed E-state index contributed by atoms with van der Waals surface area (Å²) < 4.78 is 5.73. The van der Waals surface area contributed by atoms with Crippen LogP contribution in [0.3, 0.4) is 0 Å². The lowest BCUT2D eigenvalue weighted by atomic mass is 10.1. The fourth-order valence-electron chi connectivity index (χ4n) is 2.66. The summed E-state index contributed by atoms with van der Waals surface area (Å²) in [5.74, 6) is -0.401. The number of nitriles is 1. The van der Waals surface area contributed by atoms with Crippen LogP contribution in [-0.4, -0.2) is 5.91 Å². The summed E-state index contributed by atoms with van der Waals surface area (Å²) in [5, 5.41) is 13.7. The van der Waals surface area contributed by atoms with Gasteiger partial charge in [-0.25, -0.2) is 0 Å². The minimum Gasteiger partial charge on any atom is -0.486 e. The number of nitrogens with zero attached hydrogens (tertiary/aromatic N) is 1. The third kappa shape index (κ3) is 6.10. The number of halogens is 5. The molecule has 0 spiro atoms. The Balaban J connectivity index is 1.80. The van der Waals surface area contributed by atoms with Gasteiger partial charge in [-0.2, -0.15) is 5.26 Å². The van der Waals surface area contributed by atoms with Crippen molar-refractivity contribution in [1.82, 2.24) is 0 Å². The summed E-state index contributed by atoms with van der Waals surface area (Å²) in [6.07, 6.45) is 1.35. The van der Waals surface area contributed by atoms with Crippen LogP contribution in [0.25, 0.3) is 6.08 Å². The van der Waals surface area contributed by atoms with Crippen LogP contribution in [0.15, 0.2) is 60.2 Å². The standard InChI is InChI=1S/C23H13Cl5N2O2/c24-16-5-6-18(26)21(10-16)30-23(31)15(11-29)7-13-8-19(27)22(20(28)9-13)32-12-14-3-1-2-4-17(14)25/h1-10H,12H2,(H,30,31)/b15-7+. The van der Waals surface area contributed by atoms with Crippen molar-refractivity contribution in [2.24, 2.45) is 0 Å². The third-order valence-electron chi connectivity index (χ3n) is 4.20. The highest BCUT2D eigenvalue weighted by atomic mass is 35.5. The van der Waals surface area contributed by atoms with E-state index in [0.717, 1.165) is 5.56 Å². The number of carbonyl (C=O) groups is 1. The third-order valence-corrected chi connectivity index (χ3v) is 5.70. The highest BCUT2D eigenvalue weighted by Gasteiger charge is 2.15. The number of benzene rings is 3. The van der Waals surface area contributed by atoms with Crippen molar-refractivity contribution in [3.8, 4) is 11.8 Å².